The molecule has 0 aliphatic rings. The van der Waals surface area contributed by atoms with Crippen molar-refractivity contribution in [1.29, 1.82) is 0 Å². The number of hydrogen-bond donors (Lipinski definition) is 0. The van der Waals surface area contributed by atoms with E-state index in [-0.39, 0.29) is 0 Å². The standard InChI is InChI=1S/C6H8/c1-3-5-6-4-2/h4-6H,1H2,2H3/b5-3?,6-4+. The SMILES string of the molecule is [CH2]/[C]=C/C=C/C. The molecule has 0 nitrogen and oxygen atoms in total. The average Bonchev–Trinajstić information content (AvgIpc) is 1.61. The van der Waals surface area contributed by atoms with E-state index in [1.807, 2.05) is 19.1 Å². The number of rotatable bonds is 1. The molecule has 0 aliphatic carbocycles. The number of hydrogen-bond acceptors (Lipinski definition) is 0. The molecule has 0 aromatic carbocycles. The highest BCUT2D eigenvalue weighted by Crippen LogP contribution is 1.69. The molecule has 0 saturated heterocycles. The maximum absolute atomic E-state index is 3.37. The van der Waals surface area contributed by atoms with Gasteiger partial charge in [0.05, 0.1) is 0 Å². The Balaban J connectivity index is 3.07. The monoisotopic (exact) mass is 80.1 g/mol. The lowest BCUT2D eigenvalue weighted by Crippen LogP contribution is -1.42. The van der Waals surface area contributed by atoms with E-state index in [1.165, 1.54) is 0 Å². The highest BCUT2D eigenvalue weighted by atomic mass is 13.6. The van der Waals surface area contributed by atoms with Gasteiger partial charge in [-0.3, -0.25) is 0 Å². The Labute approximate surface area is 39.2 Å². The Morgan fingerprint density at radius 3 is 2.50 bits per heavy atom. The van der Waals surface area contributed by atoms with Crippen LogP contribution in [-0.4, -0.2) is 0 Å². The molecule has 0 rings (SSSR count). The summed E-state index contributed by atoms with van der Waals surface area (Å²) in [5, 5.41) is 0. The van der Waals surface area contributed by atoms with Crippen LogP contribution in [0.1, 0.15) is 6.92 Å². The molecule has 0 atom stereocenters. The van der Waals surface area contributed by atoms with Crippen molar-refractivity contribution < 1.29 is 0 Å². The molecule has 0 saturated carbocycles. The minimum absolute atomic E-state index is 1.76. The Bertz CT molecular complexity index is 48.4. The predicted molar refractivity (Wildman–Crippen MR) is 28.0 cm³/mol. The lowest BCUT2D eigenvalue weighted by Gasteiger charge is -1.61. The molecule has 0 heterocycles. The van der Waals surface area contributed by atoms with Gasteiger partial charge in [0.25, 0.3) is 0 Å². The van der Waals surface area contributed by atoms with Gasteiger partial charge in [0, 0.05) is 0 Å². The molecule has 0 aromatic heterocycles. The normalized spacial score (nSPS) is 11.7. The summed E-state index contributed by atoms with van der Waals surface area (Å²) in [7, 11) is 0. The van der Waals surface area contributed by atoms with Gasteiger partial charge >= 0.3 is 0 Å². The zero-order valence-electron chi connectivity index (χ0n) is 3.94. The summed E-state index contributed by atoms with van der Waals surface area (Å²) in [5.41, 5.74) is 0. The lowest BCUT2D eigenvalue weighted by molar-refractivity contribution is 1.72. The first kappa shape index (κ1) is 5.48. The third-order valence-corrected chi connectivity index (χ3v) is 0.407. The zero-order chi connectivity index (χ0) is 4.83. The molecular weight excluding hydrogens is 72.1 g/mol. The van der Waals surface area contributed by atoms with Gasteiger partial charge in [-0.25, -0.2) is 0 Å². The van der Waals surface area contributed by atoms with Gasteiger partial charge in [-0.2, -0.15) is 0 Å². The Hall–Kier alpha value is -0.520. The second-order valence-corrected chi connectivity index (χ2v) is 0.897. The molecule has 0 aromatic rings. The van der Waals surface area contributed by atoms with E-state index in [1.54, 1.807) is 6.08 Å². The van der Waals surface area contributed by atoms with E-state index >= 15 is 0 Å². The van der Waals surface area contributed by atoms with Gasteiger partial charge < -0.3 is 0 Å². The maximum Gasteiger partial charge on any atom is -0.0235 e. The van der Waals surface area contributed by atoms with Crippen LogP contribution >= 0.6 is 0 Å². The van der Waals surface area contributed by atoms with Crippen LogP contribution in [0.4, 0.5) is 0 Å². The summed E-state index contributed by atoms with van der Waals surface area (Å²) in [5.74, 6) is 0. The molecule has 0 unspecified atom stereocenters. The van der Waals surface area contributed by atoms with Crippen molar-refractivity contribution in [3.8, 4) is 0 Å². The molecular formula is C6H8. The predicted octanol–water partition coefficient (Wildman–Crippen LogP) is 1.76. The summed E-state index contributed by atoms with van der Waals surface area (Å²) in [4.78, 5) is 0. The van der Waals surface area contributed by atoms with E-state index in [9.17, 15) is 0 Å². The second kappa shape index (κ2) is 4.48. The van der Waals surface area contributed by atoms with E-state index in [4.69, 9.17) is 0 Å². The summed E-state index contributed by atoms with van der Waals surface area (Å²) in [6.07, 6.45) is 8.18. The van der Waals surface area contributed by atoms with Crippen molar-refractivity contribution in [2.45, 2.75) is 6.92 Å². The van der Waals surface area contributed by atoms with Crippen LogP contribution in [0.25, 0.3) is 0 Å². The van der Waals surface area contributed by atoms with E-state index in [2.05, 4.69) is 13.0 Å². The maximum atomic E-state index is 3.37. The largest absolute Gasteiger partial charge is 0.0877 e. The Morgan fingerprint density at radius 1 is 1.67 bits per heavy atom. The Morgan fingerprint density at radius 2 is 2.33 bits per heavy atom. The third kappa shape index (κ3) is 3.48. The van der Waals surface area contributed by atoms with Crippen LogP contribution in [0, 0.1) is 13.0 Å². The molecule has 0 spiro atoms. The van der Waals surface area contributed by atoms with Gasteiger partial charge in [-0.05, 0) is 19.9 Å². The molecule has 0 N–H and O–H groups in total. The fourth-order valence-corrected chi connectivity index (χ4v) is 0.164. The molecule has 0 amide bonds. The topological polar surface area (TPSA) is 0 Å². The van der Waals surface area contributed by atoms with Crippen LogP contribution in [0.3, 0.4) is 0 Å². The smallest absolute Gasteiger partial charge is 0.0235 e. The summed E-state index contributed by atoms with van der Waals surface area (Å²) in [6, 6.07) is 0. The Kier molecular flexibility index (Phi) is 4.09. The van der Waals surface area contributed by atoms with Gasteiger partial charge in [0.15, 0.2) is 0 Å². The van der Waals surface area contributed by atoms with Crippen LogP contribution in [0.15, 0.2) is 18.2 Å². The summed E-state index contributed by atoms with van der Waals surface area (Å²) in [6.45, 7) is 5.32. The van der Waals surface area contributed by atoms with Crippen LogP contribution in [0.5, 0.6) is 0 Å². The number of allylic oxidation sites excluding steroid dienone is 4. The molecule has 0 fully saturated rings. The zero-order valence-corrected chi connectivity index (χ0v) is 3.94. The fraction of sp³-hybridized carbons (Fsp3) is 0.167. The highest BCUT2D eigenvalue weighted by molar-refractivity contribution is 4.97. The fourth-order valence-electron chi connectivity index (χ4n) is 0.164. The highest BCUT2D eigenvalue weighted by Gasteiger charge is 1.49. The molecule has 0 heteroatoms. The molecule has 0 bridgehead atoms. The van der Waals surface area contributed by atoms with E-state index < -0.39 is 0 Å². The van der Waals surface area contributed by atoms with Gasteiger partial charge in [0.2, 0.25) is 0 Å². The van der Waals surface area contributed by atoms with Crippen molar-refractivity contribution in [2.75, 3.05) is 0 Å². The average molecular weight is 80.1 g/mol. The molecule has 6 heavy (non-hydrogen) atoms. The van der Waals surface area contributed by atoms with Crippen molar-refractivity contribution >= 4 is 0 Å². The second-order valence-electron chi connectivity index (χ2n) is 0.897. The first-order valence-corrected chi connectivity index (χ1v) is 1.89. The molecule has 32 valence electrons. The minimum atomic E-state index is 1.76. The first-order valence-electron chi connectivity index (χ1n) is 1.89. The van der Waals surface area contributed by atoms with Gasteiger partial charge in [-0.1, -0.05) is 18.2 Å². The quantitative estimate of drug-likeness (QED) is 0.421. The van der Waals surface area contributed by atoms with Crippen molar-refractivity contribution in [3.05, 3.63) is 31.2 Å². The lowest BCUT2D eigenvalue weighted by atomic mass is 10.5. The van der Waals surface area contributed by atoms with Crippen molar-refractivity contribution in [1.82, 2.24) is 0 Å². The van der Waals surface area contributed by atoms with Crippen molar-refractivity contribution in [2.24, 2.45) is 0 Å². The van der Waals surface area contributed by atoms with Crippen molar-refractivity contribution in [3.63, 3.8) is 0 Å². The van der Waals surface area contributed by atoms with Gasteiger partial charge in [-0.15, -0.1) is 0 Å². The van der Waals surface area contributed by atoms with E-state index in [0.717, 1.165) is 0 Å². The summed E-state index contributed by atoms with van der Waals surface area (Å²) < 4.78 is 0. The van der Waals surface area contributed by atoms with Crippen LogP contribution in [-0.2, 0) is 0 Å². The first-order chi connectivity index (χ1) is 2.91. The van der Waals surface area contributed by atoms with E-state index in [0.29, 0.717) is 0 Å². The summed E-state index contributed by atoms with van der Waals surface area (Å²) >= 11 is 0. The third-order valence-electron chi connectivity index (χ3n) is 0.407. The van der Waals surface area contributed by atoms with Crippen LogP contribution < -0.4 is 0 Å². The molecule has 0 aliphatic heterocycles. The van der Waals surface area contributed by atoms with Gasteiger partial charge in [0.1, 0.15) is 0 Å². The van der Waals surface area contributed by atoms with Crippen LogP contribution in [0.2, 0.25) is 0 Å². The molecule has 2 radical (unpaired) electrons. The minimum Gasteiger partial charge on any atom is -0.0877 e.